The molecule has 0 spiro atoms. The van der Waals surface area contributed by atoms with E-state index in [-0.39, 0.29) is 11.9 Å². The number of primary amides is 1. The smallest absolute Gasteiger partial charge is 0.255 e. The largest absolute Gasteiger partial charge is 0.368 e. The van der Waals surface area contributed by atoms with Crippen molar-refractivity contribution in [2.75, 3.05) is 0 Å². The predicted octanol–water partition coefficient (Wildman–Crippen LogP) is 3.75. The van der Waals surface area contributed by atoms with E-state index in [9.17, 15) is 9.59 Å². The summed E-state index contributed by atoms with van der Waals surface area (Å²) in [6.45, 7) is 2.06. The van der Waals surface area contributed by atoms with Gasteiger partial charge in [-0.05, 0) is 49.1 Å². The van der Waals surface area contributed by atoms with Gasteiger partial charge < -0.3 is 10.6 Å². The zero-order valence-electron chi connectivity index (χ0n) is 16.3. The van der Waals surface area contributed by atoms with E-state index in [1.807, 2.05) is 24.3 Å². The molecule has 4 rings (SSSR count). The number of aromatic nitrogens is 1. The van der Waals surface area contributed by atoms with Crippen molar-refractivity contribution in [2.45, 2.75) is 31.8 Å². The third-order valence-electron chi connectivity index (χ3n) is 5.48. The standard InChI is InChI=1S/C24H23N3O2/c1-16-9-11-20-18(14-16)10-12-21(20)27(24(29)17-6-3-2-4-7-17)22(23(25)28)19-8-5-13-26-15-19/h2-9,11,13-15,21-22H,10,12H2,1H3,(H2,25,28)/t21-,22-/m1/s1. The van der Waals surface area contributed by atoms with Crippen LogP contribution in [0.1, 0.15) is 51.1 Å². The lowest BCUT2D eigenvalue weighted by atomic mass is 9.98. The highest BCUT2D eigenvalue weighted by Gasteiger charge is 2.39. The Labute approximate surface area is 170 Å². The van der Waals surface area contributed by atoms with E-state index in [0.717, 1.165) is 18.4 Å². The number of amides is 2. The van der Waals surface area contributed by atoms with Crippen LogP contribution in [0.2, 0.25) is 0 Å². The summed E-state index contributed by atoms with van der Waals surface area (Å²) >= 11 is 0. The van der Waals surface area contributed by atoms with Crippen LogP contribution < -0.4 is 5.73 Å². The van der Waals surface area contributed by atoms with Gasteiger partial charge in [0, 0.05) is 23.5 Å². The number of rotatable bonds is 5. The van der Waals surface area contributed by atoms with E-state index in [4.69, 9.17) is 5.73 Å². The number of hydrogen-bond donors (Lipinski definition) is 1. The Bertz CT molecular complexity index is 1030. The van der Waals surface area contributed by atoms with Crippen LogP contribution in [0.25, 0.3) is 0 Å². The number of benzene rings is 2. The number of nitrogens with two attached hydrogens (primary N) is 1. The van der Waals surface area contributed by atoms with Crippen molar-refractivity contribution in [3.8, 4) is 0 Å². The third-order valence-corrected chi connectivity index (χ3v) is 5.48. The third kappa shape index (κ3) is 3.63. The van der Waals surface area contributed by atoms with Crippen LogP contribution >= 0.6 is 0 Å². The molecule has 0 fully saturated rings. The zero-order chi connectivity index (χ0) is 20.4. The quantitative estimate of drug-likeness (QED) is 0.727. The Balaban J connectivity index is 1.84. The van der Waals surface area contributed by atoms with Gasteiger partial charge in [0.1, 0.15) is 6.04 Å². The predicted molar refractivity (Wildman–Crippen MR) is 111 cm³/mol. The van der Waals surface area contributed by atoms with Gasteiger partial charge in [0.2, 0.25) is 5.91 Å². The van der Waals surface area contributed by atoms with Gasteiger partial charge >= 0.3 is 0 Å². The Hall–Kier alpha value is -3.47. The second-order valence-corrected chi connectivity index (χ2v) is 7.43. The summed E-state index contributed by atoms with van der Waals surface area (Å²) in [5, 5.41) is 0. The van der Waals surface area contributed by atoms with E-state index in [1.165, 1.54) is 11.1 Å². The average molecular weight is 385 g/mol. The molecule has 5 nitrogen and oxygen atoms in total. The lowest BCUT2D eigenvalue weighted by Crippen LogP contribution is -2.43. The molecular formula is C24H23N3O2. The molecule has 2 N–H and O–H groups in total. The Morgan fingerprint density at radius 3 is 2.59 bits per heavy atom. The summed E-state index contributed by atoms with van der Waals surface area (Å²) in [7, 11) is 0. The van der Waals surface area contributed by atoms with Crippen LogP contribution in [0.5, 0.6) is 0 Å². The molecule has 1 aromatic heterocycles. The van der Waals surface area contributed by atoms with Crippen molar-refractivity contribution in [3.05, 3.63) is 101 Å². The first-order chi connectivity index (χ1) is 14.1. The Kier molecular flexibility index (Phi) is 5.12. The van der Waals surface area contributed by atoms with Crippen molar-refractivity contribution in [1.82, 2.24) is 9.88 Å². The molecule has 0 aliphatic heterocycles. The van der Waals surface area contributed by atoms with Gasteiger partial charge in [-0.2, -0.15) is 0 Å². The lowest BCUT2D eigenvalue weighted by Gasteiger charge is -2.35. The van der Waals surface area contributed by atoms with Crippen molar-refractivity contribution in [3.63, 3.8) is 0 Å². The van der Waals surface area contributed by atoms with Crippen LogP contribution in [0.15, 0.2) is 73.1 Å². The summed E-state index contributed by atoms with van der Waals surface area (Å²) in [6.07, 6.45) is 4.85. The number of pyridine rings is 1. The maximum Gasteiger partial charge on any atom is 0.255 e. The molecule has 5 heteroatoms. The SMILES string of the molecule is Cc1ccc2c(c1)CC[C@H]2N(C(=O)c1ccccc1)[C@@H](C(N)=O)c1cccnc1. The molecule has 2 aromatic carbocycles. The summed E-state index contributed by atoms with van der Waals surface area (Å²) in [5.41, 5.74) is 10.5. The van der Waals surface area contributed by atoms with E-state index in [2.05, 4.69) is 24.0 Å². The minimum absolute atomic E-state index is 0.211. The monoisotopic (exact) mass is 385 g/mol. The van der Waals surface area contributed by atoms with Crippen LogP contribution in [0.4, 0.5) is 0 Å². The molecule has 0 radical (unpaired) electrons. The highest BCUT2D eigenvalue weighted by Crippen LogP contribution is 2.41. The average Bonchev–Trinajstić information content (AvgIpc) is 3.15. The van der Waals surface area contributed by atoms with Gasteiger partial charge in [-0.3, -0.25) is 14.6 Å². The van der Waals surface area contributed by atoms with Crippen molar-refractivity contribution in [2.24, 2.45) is 5.73 Å². The molecule has 146 valence electrons. The zero-order valence-corrected chi connectivity index (χ0v) is 16.3. The molecular weight excluding hydrogens is 362 g/mol. The van der Waals surface area contributed by atoms with Gasteiger partial charge in [0.15, 0.2) is 0 Å². The number of aryl methyl sites for hydroxylation is 2. The highest BCUT2D eigenvalue weighted by atomic mass is 16.2. The fraction of sp³-hybridized carbons (Fsp3) is 0.208. The molecule has 0 saturated carbocycles. The number of hydrogen-bond acceptors (Lipinski definition) is 3. The van der Waals surface area contributed by atoms with Crippen LogP contribution in [0.3, 0.4) is 0 Å². The fourth-order valence-corrected chi connectivity index (χ4v) is 4.18. The second-order valence-electron chi connectivity index (χ2n) is 7.43. The van der Waals surface area contributed by atoms with E-state index in [0.29, 0.717) is 11.1 Å². The van der Waals surface area contributed by atoms with Gasteiger partial charge in [-0.1, -0.05) is 48.0 Å². The molecule has 0 bridgehead atoms. The van der Waals surface area contributed by atoms with Gasteiger partial charge in [-0.15, -0.1) is 0 Å². The minimum Gasteiger partial charge on any atom is -0.368 e. The summed E-state index contributed by atoms with van der Waals surface area (Å²) in [5.74, 6) is -0.778. The number of fused-ring (bicyclic) bond motifs is 1. The van der Waals surface area contributed by atoms with E-state index < -0.39 is 11.9 Å². The molecule has 0 saturated heterocycles. The maximum atomic E-state index is 13.6. The maximum absolute atomic E-state index is 13.6. The molecule has 1 aliphatic rings. The molecule has 29 heavy (non-hydrogen) atoms. The molecule has 0 unspecified atom stereocenters. The van der Waals surface area contributed by atoms with Gasteiger partial charge in [-0.25, -0.2) is 0 Å². The minimum atomic E-state index is -0.895. The molecule has 3 aromatic rings. The van der Waals surface area contributed by atoms with Crippen LogP contribution in [-0.2, 0) is 11.2 Å². The first-order valence-corrected chi connectivity index (χ1v) is 9.72. The summed E-state index contributed by atoms with van der Waals surface area (Å²) in [4.78, 5) is 32.0. The first-order valence-electron chi connectivity index (χ1n) is 9.72. The van der Waals surface area contributed by atoms with Crippen LogP contribution in [-0.4, -0.2) is 21.7 Å². The van der Waals surface area contributed by atoms with Gasteiger partial charge in [0.05, 0.1) is 6.04 Å². The number of carbonyl (C=O) groups is 2. The van der Waals surface area contributed by atoms with E-state index in [1.54, 1.807) is 41.6 Å². The number of nitrogens with zero attached hydrogens (tertiary/aromatic N) is 2. The summed E-state index contributed by atoms with van der Waals surface area (Å²) in [6, 6.07) is 17.7. The lowest BCUT2D eigenvalue weighted by molar-refractivity contribution is -0.123. The van der Waals surface area contributed by atoms with Crippen molar-refractivity contribution >= 4 is 11.8 Å². The highest BCUT2D eigenvalue weighted by molar-refractivity contribution is 5.98. The normalized spacial score (nSPS) is 16.1. The number of carbonyl (C=O) groups excluding carboxylic acids is 2. The Morgan fingerprint density at radius 1 is 1.10 bits per heavy atom. The molecule has 1 heterocycles. The van der Waals surface area contributed by atoms with Crippen LogP contribution in [0, 0.1) is 6.92 Å². The Morgan fingerprint density at radius 2 is 1.90 bits per heavy atom. The van der Waals surface area contributed by atoms with Crippen molar-refractivity contribution in [1.29, 1.82) is 0 Å². The molecule has 2 amide bonds. The molecule has 1 aliphatic carbocycles. The molecule has 2 atom stereocenters. The first kappa shape index (κ1) is 18.9. The summed E-state index contributed by atoms with van der Waals surface area (Å²) < 4.78 is 0. The van der Waals surface area contributed by atoms with Crippen molar-refractivity contribution < 1.29 is 9.59 Å². The topological polar surface area (TPSA) is 76.3 Å². The fourth-order valence-electron chi connectivity index (χ4n) is 4.18. The second kappa shape index (κ2) is 7.87. The van der Waals surface area contributed by atoms with Gasteiger partial charge in [0.25, 0.3) is 5.91 Å². The van der Waals surface area contributed by atoms with E-state index >= 15 is 0 Å².